The molecule has 0 saturated carbocycles. The summed E-state index contributed by atoms with van der Waals surface area (Å²) in [4.78, 5) is 19.9. The average molecular weight is 522 g/mol. The van der Waals surface area contributed by atoms with Crippen molar-refractivity contribution in [3.05, 3.63) is 81.7 Å². The molecule has 1 aliphatic rings. The van der Waals surface area contributed by atoms with Gasteiger partial charge < -0.3 is 5.32 Å². The second kappa shape index (κ2) is 10.7. The summed E-state index contributed by atoms with van der Waals surface area (Å²) < 4.78 is 0. The normalized spacial score (nSPS) is 15.2. The second-order valence-electron chi connectivity index (χ2n) is 11.1. The Hall–Kier alpha value is -3.49. The Morgan fingerprint density at radius 2 is 1.92 bits per heavy atom. The highest BCUT2D eigenvalue weighted by Crippen LogP contribution is 2.45. The minimum Gasteiger partial charge on any atom is -0.312 e. The molecule has 1 aliphatic carbocycles. The molecule has 0 aliphatic heterocycles. The number of nitrogens with zero attached hydrogens (tertiary/aromatic N) is 2. The summed E-state index contributed by atoms with van der Waals surface area (Å²) in [6.07, 6.45) is 6.23. The number of carbonyl (C=O) groups excluding carboxylic acids is 1. The second-order valence-corrected chi connectivity index (χ2v) is 12.2. The summed E-state index contributed by atoms with van der Waals surface area (Å²) in [5.41, 5.74) is 6.43. The van der Waals surface area contributed by atoms with E-state index in [-0.39, 0.29) is 11.3 Å². The third-order valence-corrected chi connectivity index (χ3v) is 9.54. The highest BCUT2D eigenvalue weighted by atomic mass is 32.1. The van der Waals surface area contributed by atoms with E-state index < -0.39 is 0 Å². The quantitative estimate of drug-likeness (QED) is 0.265. The highest BCUT2D eigenvalue weighted by Gasteiger charge is 2.34. The molecule has 0 spiro atoms. The zero-order valence-electron chi connectivity index (χ0n) is 22.7. The molecule has 1 N–H and O–H groups in total. The topological polar surface area (TPSA) is 65.8 Å². The van der Waals surface area contributed by atoms with Crippen LogP contribution in [0.5, 0.6) is 0 Å². The van der Waals surface area contributed by atoms with Crippen LogP contribution in [0.1, 0.15) is 78.9 Å². The van der Waals surface area contributed by atoms with Crippen LogP contribution >= 0.6 is 11.3 Å². The lowest BCUT2D eigenvalue weighted by atomic mass is 9.69. The minimum absolute atomic E-state index is 0.201. The number of nitriles is 1. The van der Waals surface area contributed by atoms with Crippen molar-refractivity contribution in [1.82, 2.24) is 4.98 Å². The summed E-state index contributed by atoms with van der Waals surface area (Å²) in [6, 6.07) is 20.5. The van der Waals surface area contributed by atoms with Crippen molar-refractivity contribution in [2.45, 2.75) is 66.2 Å². The van der Waals surface area contributed by atoms with E-state index in [9.17, 15) is 10.1 Å². The Morgan fingerprint density at radius 3 is 2.63 bits per heavy atom. The molecule has 4 nitrogen and oxygen atoms in total. The fraction of sp³-hybridized carbons (Fsp3) is 0.364. The van der Waals surface area contributed by atoms with E-state index in [0.29, 0.717) is 22.0 Å². The number of rotatable bonds is 7. The van der Waals surface area contributed by atoms with Crippen molar-refractivity contribution < 1.29 is 4.79 Å². The summed E-state index contributed by atoms with van der Waals surface area (Å²) >= 11 is 1.58. The molecule has 0 fully saturated rings. The monoisotopic (exact) mass is 521 g/mol. The number of hydrogen-bond acceptors (Lipinski definition) is 4. The van der Waals surface area contributed by atoms with Gasteiger partial charge in [-0.1, -0.05) is 83.0 Å². The molecule has 4 aromatic rings. The van der Waals surface area contributed by atoms with E-state index >= 15 is 0 Å². The number of thiophene rings is 1. The largest absolute Gasteiger partial charge is 0.312 e. The van der Waals surface area contributed by atoms with Gasteiger partial charge in [0.2, 0.25) is 0 Å². The standard InChI is InChI=1S/C33H35N3OS/c1-5-9-21-12-14-22(15-13-21)29-19-26(24-10-7-8-11-28(24)35-29)31(37)36-32-27(20-34)25-17-16-23(18-30(25)38-32)33(3,4)6-2/h7-8,10-15,19,23H,5-6,9,16-18H2,1-4H3,(H,36,37)/t23-/m0/s1. The van der Waals surface area contributed by atoms with Gasteiger partial charge in [-0.3, -0.25) is 4.79 Å². The molecule has 2 aromatic carbocycles. The van der Waals surface area contributed by atoms with Gasteiger partial charge in [0.15, 0.2) is 0 Å². The lowest BCUT2D eigenvalue weighted by Gasteiger charge is -2.36. The fourth-order valence-electron chi connectivity index (χ4n) is 5.56. The van der Waals surface area contributed by atoms with Crippen molar-refractivity contribution in [3.63, 3.8) is 0 Å². The molecule has 5 rings (SSSR count). The maximum Gasteiger partial charge on any atom is 0.257 e. The predicted octanol–water partition coefficient (Wildman–Crippen LogP) is 8.58. The van der Waals surface area contributed by atoms with Gasteiger partial charge in [0.1, 0.15) is 11.1 Å². The van der Waals surface area contributed by atoms with E-state index in [1.54, 1.807) is 11.3 Å². The smallest absolute Gasteiger partial charge is 0.257 e. The van der Waals surface area contributed by atoms with Crippen LogP contribution < -0.4 is 5.32 Å². The van der Waals surface area contributed by atoms with Crippen LogP contribution in [0, 0.1) is 22.7 Å². The number of aromatic nitrogens is 1. The molecule has 38 heavy (non-hydrogen) atoms. The molecule has 5 heteroatoms. The number of para-hydroxylation sites is 1. The first-order chi connectivity index (χ1) is 18.3. The number of benzene rings is 2. The number of pyridine rings is 1. The van der Waals surface area contributed by atoms with E-state index in [0.717, 1.165) is 66.2 Å². The number of hydrogen-bond donors (Lipinski definition) is 1. The molecule has 1 atom stereocenters. The zero-order valence-corrected chi connectivity index (χ0v) is 23.5. The van der Waals surface area contributed by atoms with Crippen LogP contribution in [-0.2, 0) is 19.3 Å². The minimum atomic E-state index is -0.201. The third kappa shape index (κ3) is 4.98. The number of fused-ring (bicyclic) bond motifs is 2. The van der Waals surface area contributed by atoms with Gasteiger partial charge in [-0.2, -0.15) is 5.26 Å². The van der Waals surface area contributed by atoms with E-state index in [4.69, 9.17) is 4.98 Å². The third-order valence-electron chi connectivity index (χ3n) is 8.37. The summed E-state index contributed by atoms with van der Waals surface area (Å²) in [7, 11) is 0. The van der Waals surface area contributed by atoms with Crippen LogP contribution in [-0.4, -0.2) is 10.9 Å². The first kappa shape index (κ1) is 26.1. The first-order valence-electron chi connectivity index (χ1n) is 13.7. The molecule has 2 aromatic heterocycles. The lowest BCUT2D eigenvalue weighted by molar-refractivity contribution is 0.102. The molecule has 2 heterocycles. The number of nitrogens with one attached hydrogen (secondary N) is 1. The molecule has 0 unspecified atom stereocenters. The molecular formula is C33H35N3OS. The Kier molecular flexibility index (Phi) is 7.36. The fourth-order valence-corrected chi connectivity index (χ4v) is 6.83. The highest BCUT2D eigenvalue weighted by molar-refractivity contribution is 7.16. The zero-order chi connectivity index (χ0) is 26.9. The van der Waals surface area contributed by atoms with Crippen LogP contribution in [0.2, 0.25) is 0 Å². The van der Waals surface area contributed by atoms with E-state index in [1.165, 1.54) is 10.4 Å². The van der Waals surface area contributed by atoms with E-state index in [2.05, 4.69) is 63.3 Å². The maximum atomic E-state index is 13.8. The average Bonchev–Trinajstić information content (AvgIpc) is 3.29. The Morgan fingerprint density at radius 1 is 1.16 bits per heavy atom. The molecule has 194 valence electrons. The Bertz CT molecular complexity index is 1520. The lowest BCUT2D eigenvalue weighted by Crippen LogP contribution is -2.28. The van der Waals surface area contributed by atoms with E-state index in [1.807, 2.05) is 30.3 Å². The van der Waals surface area contributed by atoms with Gasteiger partial charge in [-0.15, -0.1) is 11.3 Å². The first-order valence-corrected chi connectivity index (χ1v) is 14.5. The van der Waals surface area contributed by atoms with Crippen molar-refractivity contribution in [3.8, 4) is 17.3 Å². The Balaban J connectivity index is 1.49. The predicted molar refractivity (Wildman–Crippen MR) is 158 cm³/mol. The van der Waals surface area contributed by atoms with Crippen molar-refractivity contribution >= 4 is 33.1 Å². The summed E-state index contributed by atoms with van der Waals surface area (Å²) in [6.45, 7) is 9.11. The number of amides is 1. The van der Waals surface area contributed by atoms with Crippen LogP contribution in [0.3, 0.4) is 0 Å². The van der Waals surface area contributed by atoms with Crippen molar-refractivity contribution in [1.29, 1.82) is 5.26 Å². The number of aryl methyl sites for hydroxylation is 1. The van der Waals surface area contributed by atoms with Crippen molar-refractivity contribution in [2.24, 2.45) is 11.3 Å². The number of carbonyl (C=O) groups is 1. The van der Waals surface area contributed by atoms with Gasteiger partial charge in [0, 0.05) is 15.8 Å². The van der Waals surface area contributed by atoms with Crippen LogP contribution in [0.25, 0.3) is 22.2 Å². The van der Waals surface area contributed by atoms with Gasteiger partial charge in [-0.25, -0.2) is 4.98 Å². The summed E-state index contributed by atoms with van der Waals surface area (Å²) in [5, 5.41) is 14.6. The van der Waals surface area contributed by atoms with Gasteiger partial charge in [0.05, 0.1) is 22.3 Å². The van der Waals surface area contributed by atoms with Gasteiger partial charge >= 0.3 is 0 Å². The molecule has 1 amide bonds. The maximum absolute atomic E-state index is 13.8. The molecular weight excluding hydrogens is 486 g/mol. The van der Waals surface area contributed by atoms with Crippen LogP contribution in [0.4, 0.5) is 5.00 Å². The van der Waals surface area contributed by atoms with Crippen LogP contribution in [0.15, 0.2) is 54.6 Å². The Labute approximate surface area is 229 Å². The molecule has 0 radical (unpaired) electrons. The molecule has 0 bridgehead atoms. The summed E-state index contributed by atoms with van der Waals surface area (Å²) in [5.74, 6) is 0.386. The number of anilines is 1. The van der Waals surface area contributed by atoms with Crippen molar-refractivity contribution in [2.75, 3.05) is 5.32 Å². The SMILES string of the molecule is CCCc1ccc(-c2cc(C(=O)Nc3sc4c(c3C#N)CC[C@H](C(C)(C)CC)C4)c3ccccc3n2)cc1. The van der Waals surface area contributed by atoms with Gasteiger partial charge in [-0.05, 0) is 60.3 Å². The van der Waals surface area contributed by atoms with Gasteiger partial charge in [0.25, 0.3) is 5.91 Å². The molecule has 0 saturated heterocycles.